The fourth-order valence-electron chi connectivity index (χ4n) is 6.40. The van der Waals surface area contributed by atoms with Gasteiger partial charge in [-0.05, 0) is 93.7 Å². The monoisotopic (exact) mass is 426 g/mol. The smallest absolute Gasteiger partial charge is 0.226 e. The summed E-state index contributed by atoms with van der Waals surface area (Å²) in [5.41, 5.74) is 0.841. The molecule has 4 fully saturated rings. The summed E-state index contributed by atoms with van der Waals surface area (Å²) in [5, 5.41) is 12.8. The average Bonchev–Trinajstić information content (AvgIpc) is 3.15. The van der Waals surface area contributed by atoms with Crippen molar-refractivity contribution in [3.63, 3.8) is 0 Å². The van der Waals surface area contributed by atoms with Gasteiger partial charge in [-0.3, -0.25) is 9.36 Å². The first kappa shape index (κ1) is 19.9. The average molecular weight is 427 g/mol. The van der Waals surface area contributed by atoms with Gasteiger partial charge in [0.15, 0.2) is 11.0 Å². The van der Waals surface area contributed by atoms with E-state index < -0.39 is 0 Å². The molecule has 1 aromatic carbocycles. The first-order valence-corrected chi connectivity index (χ1v) is 12.3. The van der Waals surface area contributed by atoms with Gasteiger partial charge in [0, 0.05) is 11.1 Å². The van der Waals surface area contributed by atoms with E-state index >= 15 is 0 Å². The minimum atomic E-state index is -0.138. The van der Waals surface area contributed by atoms with Crippen LogP contribution in [0.2, 0.25) is 0 Å². The highest BCUT2D eigenvalue weighted by Gasteiger charge is 2.54. The van der Waals surface area contributed by atoms with Crippen LogP contribution < -0.4 is 10.1 Å². The number of amides is 1. The minimum absolute atomic E-state index is 0.138. The van der Waals surface area contributed by atoms with Gasteiger partial charge in [-0.1, -0.05) is 11.8 Å². The third-order valence-electron chi connectivity index (χ3n) is 7.22. The van der Waals surface area contributed by atoms with Gasteiger partial charge in [-0.25, -0.2) is 0 Å². The summed E-state index contributed by atoms with van der Waals surface area (Å²) in [6.45, 7) is 3.02. The molecular formula is C23H30N4O2S. The van der Waals surface area contributed by atoms with Gasteiger partial charge < -0.3 is 10.1 Å². The molecule has 1 N–H and O–H groups in total. The Morgan fingerprint density at radius 2 is 1.77 bits per heavy atom. The van der Waals surface area contributed by atoms with Crippen LogP contribution in [0.5, 0.6) is 5.75 Å². The van der Waals surface area contributed by atoms with E-state index in [-0.39, 0.29) is 11.3 Å². The fraction of sp³-hybridized carbons (Fsp3) is 0.609. The largest absolute Gasteiger partial charge is 0.494 e. The van der Waals surface area contributed by atoms with Crippen LogP contribution >= 0.6 is 11.8 Å². The van der Waals surface area contributed by atoms with Crippen molar-refractivity contribution in [1.29, 1.82) is 0 Å². The normalized spacial score (nSPS) is 29.2. The second-order valence-electron chi connectivity index (χ2n) is 9.25. The molecule has 6 nitrogen and oxygen atoms in total. The molecule has 0 unspecified atom stereocenters. The zero-order chi connectivity index (χ0) is 20.7. The van der Waals surface area contributed by atoms with Crippen LogP contribution in [0.4, 0.5) is 0 Å². The third kappa shape index (κ3) is 3.51. The van der Waals surface area contributed by atoms with Crippen molar-refractivity contribution in [3.8, 4) is 11.4 Å². The van der Waals surface area contributed by atoms with Crippen LogP contribution in [0.15, 0.2) is 29.4 Å². The van der Waals surface area contributed by atoms with Crippen LogP contribution in [-0.4, -0.2) is 33.5 Å². The molecule has 160 valence electrons. The molecule has 4 bridgehead atoms. The third-order valence-corrected chi connectivity index (χ3v) is 7.85. The SMILES string of the molecule is CCOc1ccc(-n2c(CNC(=O)C34CC5CC(CC(C5)C3)C4)nnc2SC)cc1. The lowest BCUT2D eigenvalue weighted by Crippen LogP contribution is -2.53. The maximum absolute atomic E-state index is 13.3. The summed E-state index contributed by atoms with van der Waals surface area (Å²) < 4.78 is 7.59. The number of rotatable bonds is 7. The molecule has 1 amide bonds. The molecule has 4 saturated carbocycles. The van der Waals surface area contributed by atoms with E-state index in [2.05, 4.69) is 15.5 Å². The Bertz CT molecular complexity index is 889. The van der Waals surface area contributed by atoms with E-state index in [1.54, 1.807) is 11.8 Å². The Kier molecular flexibility index (Phi) is 5.25. The van der Waals surface area contributed by atoms with E-state index in [9.17, 15) is 4.79 Å². The molecule has 6 rings (SSSR count). The molecule has 0 radical (unpaired) electrons. The second-order valence-corrected chi connectivity index (χ2v) is 10.0. The highest BCUT2D eigenvalue weighted by molar-refractivity contribution is 7.98. The van der Waals surface area contributed by atoms with Gasteiger partial charge in [0.1, 0.15) is 5.75 Å². The van der Waals surface area contributed by atoms with Crippen molar-refractivity contribution < 1.29 is 9.53 Å². The number of aromatic nitrogens is 3. The summed E-state index contributed by atoms with van der Waals surface area (Å²) in [4.78, 5) is 13.3. The Morgan fingerprint density at radius 3 is 2.33 bits per heavy atom. The predicted molar refractivity (Wildman–Crippen MR) is 117 cm³/mol. The number of benzene rings is 1. The second kappa shape index (κ2) is 7.91. The first-order valence-electron chi connectivity index (χ1n) is 11.1. The molecular weight excluding hydrogens is 396 g/mol. The maximum Gasteiger partial charge on any atom is 0.226 e. The summed E-state index contributed by atoms with van der Waals surface area (Å²) in [7, 11) is 0. The van der Waals surface area contributed by atoms with Crippen LogP contribution in [0.3, 0.4) is 0 Å². The van der Waals surface area contributed by atoms with Crippen LogP contribution in [0.25, 0.3) is 5.69 Å². The summed E-state index contributed by atoms with van der Waals surface area (Å²) in [6, 6.07) is 7.94. The lowest BCUT2D eigenvalue weighted by atomic mass is 9.49. The van der Waals surface area contributed by atoms with E-state index in [1.165, 1.54) is 19.3 Å². The van der Waals surface area contributed by atoms with Gasteiger partial charge in [0.25, 0.3) is 0 Å². The van der Waals surface area contributed by atoms with Gasteiger partial charge in [0.05, 0.1) is 13.2 Å². The van der Waals surface area contributed by atoms with Gasteiger partial charge >= 0.3 is 0 Å². The molecule has 1 heterocycles. The molecule has 0 atom stereocenters. The summed E-state index contributed by atoms with van der Waals surface area (Å²) >= 11 is 1.55. The van der Waals surface area contributed by atoms with E-state index in [0.29, 0.717) is 13.2 Å². The highest BCUT2D eigenvalue weighted by Crippen LogP contribution is 2.60. The standard InChI is InChI=1S/C23H30N4O2S/c1-3-29-19-6-4-18(5-7-19)27-20(25-26-22(27)30-2)14-24-21(28)23-11-15-8-16(12-23)10-17(9-15)13-23/h4-7,15-17H,3,8-14H2,1-2H3,(H,24,28). The number of carbonyl (C=O) groups excluding carboxylic acids is 1. The Hall–Kier alpha value is -2.02. The summed E-state index contributed by atoms with van der Waals surface area (Å²) in [6.07, 6.45) is 9.25. The van der Waals surface area contributed by atoms with Crippen molar-refractivity contribution in [1.82, 2.24) is 20.1 Å². The maximum atomic E-state index is 13.3. The molecule has 0 aliphatic heterocycles. The number of carbonyl (C=O) groups is 1. The topological polar surface area (TPSA) is 69.0 Å². The minimum Gasteiger partial charge on any atom is -0.494 e. The lowest BCUT2D eigenvalue weighted by Gasteiger charge is -2.55. The predicted octanol–water partition coefficient (Wildman–Crippen LogP) is 4.22. The van der Waals surface area contributed by atoms with Gasteiger partial charge in [0.2, 0.25) is 5.91 Å². The number of hydrogen-bond acceptors (Lipinski definition) is 5. The number of thioether (sulfide) groups is 1. The molecule has 0 spiro atoms. The molecule has 30 heavy (non-hydrogen) atoms. The van der Waals surface area contributed by atoms with Crippen molar-refractivity contribution in [2.24, 2.45) is 23.2 Å². The van der Waals surface area contributed by atoms with Crippen LogP contribution in [0, 0.1) is 23.2 Å². The molecule has 2 aromatic rings. The van der Waals surface area contributed by atoms with Crippen molar-refractivity contribution in [2.45, 2.75) is 57.1 Å². The zero-order valence-electron chi connectivity index (χ0n) is 17.8. The summed E-state index contributed by atoms with van der Waals surface area (Å²) in [5.74, 6) is 4.12. The van der Waals surface area contributed by atoms with Crippen LogP contribution in [0.1, 0.15) is 51.3 Å². The number of ether oxygens (including phenoxy) is 1. The molecule has 1 aromatic heterocycles. The Labute approximate surface area is 182 Å². The number of nitrogens with zero attached hydrogens (tertiary/aromatic N) is 3. The molecule has 0 saturated heterocycles. The number of hydrogen-bond donors (Lipinski definition) is 1. The van der Waals surface area contributed by atoms with Gasteiger partial charge in [-0.2, -0.15) is 0 Å². The lowest BCUT2D eigenvalue weighted by molar-refractivity contribution is -0.146. The van der Waals surface area contributed by atoms with Crippen molar-refractivity contribution in [2.75, 3.05) is 12.9 Å². The quantitative estimate of drug-likeness (QED) is 0.672. The molecule has 7 heteroatoms. The first-order chi connectivity index (χ1) is 14.6. The molecule has 4 aliphatic rings. The van der Waals surface area contributed by atoms with Gasteiger partial charge in [-0.15, -0.1) is 10.2 Å². The Morgan fingerprint density at radius 1 is 1.13 bits per heavy atom. The zero-order valence-corrected chi connectivity index (χ0v) is 18.6. The van der Waals surface area contributed by atoms with E-state index in [4.69, 9.17) is 4.74 Å². The highest BCUT2D eigenvalue weighted by atomic mass is 32.2. The Balaban J connectivity index is 1.33. The van der Waals surface area contributed by atoms with E-state index in [1.807, 2.05) is 42.0 Å². The van der Waals surface area contributed by atoms with Crippen molar-refractivity contribution in [3.05, 3.63) is 30.1 Å². The van der Waals surface area contributed by atoms with Crippen LogP contribution in [-0.2, 0) is 11.3 Å². The molecule has 4 aliphatic carbocycles. The van der Waals surface area contributed by atoms with E-state index in [0.717, 1.165) is 59.4 Å². The number of nitrogens with one attached hydrogen (secondary N) is 1. The fourth-order valence-corrected chi connectivity index (χ4v) is 6.92. The van der Waals surface area contributed by atoms with Crippen molar-refractivity contribution >= 4 is 17.7 Å².